The number of carbonyl (C=O) groups is 1. The third-order valence-electron chi connectivity index (χ3n) is 6.24. The largest absolute Gasteiger partial charge is 0.330 e. The summed E-state index contributed by atoms with van der Waals surface area (Å²) >= 11 is 0. The van der Waals surface area contributed by atoms with Gasteiger partial charge < -0.3 is 4.90 Å². The monoisotopic (exact) mass is 450 g/mol. The fraction of sp³-hybridized carbons (Fsp3) is 0.240. The van der Waals surface area contributed by atoms with Crippen LogP contribution in [-0.2, 0) is 13.5 Å². The topological polar surface area (TPSA) is 51.0 Å². The summed E-state index contributed by atoms with van der Waals surface area (Å²) in [7, 11) is 1.67. The van der Waals surface area contributed by atoms with Crippen molar-refractivity contribution in [3.8, 4) is 11.3 Å². The third-order valence-corrected chi connectivity index (χ3v) is 6.24. The molecule has 1 atom stereocenters. The van der Waals surface area contributed by atoms with Crippen molar-refractivity contribution in [3.63, 3.8) is 0 Å². The van der Waals surface area contributed by atoms with Crippen molar-refractivity contribution in [1.82, 2.24) is 19.7 Å². The highest BCUT2D eigenvalue weighted by Crippen LogP contribution is 2.37. The fourth-order valence-corrected chi connectivity index (χ4v) is 4.60. The number of carbonyl (C=O) groups excluding carboxylic acids is 1. The zero-order valence-electron chi connectivity index (χ0n) is 18.4. The molecular formula is C25H21F3N4O. The Morgan fingerprint density at radius 1 is 1.06 bits per heavy atom. The van der Waals surface area contributed by atoms with Crippen molar-refractivity contribution < 1.29 is 18.0 Å². The lowest BCUT2D eigenvalue weighted by molar-refractivity contribution is 0.0674. The molecule has 5 nitrogen and oxygen atoms in total. The predicted molar refractivity (Wildman–Crippen MR) is 118 cm³/mol. The highest BCUT2D eigenvalue weighted by molar-refractivity contribution is 5.98. The summed E-state index contributed by atoms with van der Waals surface area (Å²) in [6, 6.07) is 10.9. The van der Waals surface area contributed by atoms with Crippen molar-refractivity contribution in [2.45, 2.75) is 26.3 Å². The first-order chi connectivity index (χ1) is 15.7. The maximum Gasteiger partial charge on any atom is 0.254 e. The van der Waals surface area contributed by atoms with Gasteiger partial charge in [0.25, 0.3) is 5.91 Å². The Morgan fingerprint density at radius 2 is 1.79 bits per heavy atom. The van der Waals surface area contributed by atoms with Crippen LogP contribution in [0, 0.1) is 24.4 Å². The first-order valence-electron chi connectivity index (χ1n) is 10.6. The summed E-state index contributed by atoms with van der Waals surface area (Å²) in [5.41, 5.74) is 4.50. The molecule has 4 aromatic rings. The van der Waals surface area contributed by atoms with E-state index >= 15 is 0 Å². The van der Waals surface area contributed by atoms with E-state index in [0.29, 0.717) is 29.9 Å². The second kappa shape index (κ2) is 7.72. The van der Waals surface area contributed by atoms with Gasteiger partial charge in [-0.05, 0) is 56.7 Å². The zero-order valence-corrected chi connectivity index (χ0v) is 18.4. The molecule has 0 spiro atoms. The maximum absolute atomic E-state index is 13.9. The van der Waals surface area contributed by atoms with Crippen LogP contribution in [-0.4, -0.2) is 32.1 Å². The van der Waals surface area contributed by atoms with E-state index in [4.69, 9.17) is 0 Å². The molecule has 2 aromatic carbocycles. The minimum atomic E-state index is -1.50. The lowest BCUT2D eigenvalue weighted by Gasteiger charge is -2.33. The Balaban J connectivity index is 1.50. The lowest BCUT2D eigenvalue weighted by Crippen LogP contribution is -2.38. The molecule has 8 heteroatoms. The molecule has 33 heavy (non-hydrogen) atoms. The van der Waals surface area contributed by atoms with Gasteiger partial charge in [0.05, 0.1) is 22.9 Å². The van der Waals surface area contributed by atoms with Crippen LogP contribution in [0.1, 0.15) is 40.3 Å². The van der Waals surface area contributed by atoms with E-state index in [1.54, 1.807) is 18.0 Å². The molecule has 0 aliphatic carbocycles. The molecular weight excluding hydrogens is 429 g/mol. The Hall–Kier alpha value is -3.68. The molecule has 0 unspecified atom stereocenters. The SMILES string of the molecule is Cc1ccc2cc(C(=O)N3CCc4c(nn(C)c4-c4cc(F)c(F)c(F)c4)[C@@H]3C)ccc2n1. The molecule has 5 rings (SSSR count). The van der Waals surface area contributed by atoms with Crippen LogP contribution in [0.5, 0.6) is 0 Å². The number of nitrogens with zero attached hydrogens (tertiary/aromatic N) is 4. The number of amides is 1. The van der Waals surface area contributed by atoms with E-state index in [1.807, 2.05) is 38.1 Å². The summed E-state index contributed by atoms with van der Waals surface area (Å²) < 4.78 is 42.7. The van der Waals surface area contributed by atoms with Crippen molar-refractivity contribution >= 4 is 16.8 Å². The predicted octanol–water partition coefficient (Wildman–Crippen LogP) is 5.12. The van der Waals surface area contributed by atoms with Crippen LogP contribution in [0.25, 0.3) is 22.2 Å². The number of aromatic nitrogens is 3. The number of aryl methyl sites for hydroxylation is 2. The number of pyridine rings is 1. The van der Waals surface area contributed by atoms with Gasteiger partial charge in [-0.2, -0.15) is 5.10 Å². The number of hydrogen-bond acceptors (Lipinski definition) is 3. The van der Waals surface area contributed by atoms with Crippen LogP contribution in [0.4, 0.5) is 13.2 Å². The van der Waals surface area contributed by atoms with E-state index in [1.165, 1.54) is 4.68 Å². The van der Waals surface area contributed by atoms with E-state index < -0.39 is 17.5 Å². The maximum atomic E-state index is 13.9. The summed E-state index contributed by atoms with van der Waals surface area (Å²) in [5.74, 6) is -4.12. The van der Waals surface area contributed by atoms with E-state index in [9.17, 15) is 18.0 Å². The van der Waals surface area contributed by atoms with E-state index in [0.717, 1.165) is 34.3 Å². The summed E-state index contributed by atoms with van der Waals surface area (Å²) in [6.45, 7) is 4.22. The summed E-state index contributed by atoms with van der Waals surface area (Å²) in [6.07, 6.45) is 0.462. The quantitative estimate of drug-likeness (QED) is 0.399. The molecule has 2 aromatic heterocycles. The van der Waals surface area contributed by atoms with Gasteiger partial charge in [-0.15, -0.1) is 0 Å². The van der Waals surface area contributed by atoms with Crippen LogP contribution in [0.2, 0.25) is 0 Å². The highest BCUT2D eigenvalue weighted by atomic mass is 19.2. The third kappa shape index (κ3) is 3.46. The van der Waals surface area contributed by atoms with Gasteiger partial charge in [0.15, 0.2) is 17.5 Å². The zero-order chi connectivity index (χ0) is 23.4. The Bertz CT molecular complexity index is 1410. The van der Waals surface area contributed by atoms with Crippen LogP contribution in [0.3, 0.4) is 0 Å². The minimum absolute atomic E-state index is 0.123. The molecule has 3 heterocycles. The molecule has 0 radical (unpaired) electrons. The minimum Gasteiger partial charge on any atom is -0.330 e. The van der Waals surface area contributed by atoms with Crippen molar-refractivity contribution in [1.29, 1.82) is 0 Å². The normalized spacial score (nSPS) is 15.7. The van der Waals surface area contributed by atoms with Gasteiger partial charge in [0.2, 0.25) is 0 Å². The number of halogens is 3. The molecule has 168 valence electrons. The van der Waals surface area contributed by atoms with Gasteiger partial charge in [-0.25, -0.2) is 13.2 Å². The number of benzene rings is 2. The molecule has 0 saturated heterocycles. The second-order valence-electron chi connectivity index (χ2n) is 8.37. The van der Waals surface area contributed by atoms with Crippen molar-refractivity contribution in [2.75, 3.05) is 6.54 Å². The smallest absolute Gasteiger partial charge is 0.254 e. The van der Waals surface area contributed by atoms with Gasteiger partial charge >= 0.3 is 0 Å². The van der Waals surface area contributed by atoms with E-state index in [-0.39, 0.29) is 17.5 Å². The Kier molecular flexibility index (Phi) is 4.96. The summed E-state index contributed by atoms with van der Waals surface area (Å²) in [5, 5.41) is 5.44. The molecule has 0 bridgehead atoms. The van der Waals surface area contributed by atoms with Crippen LogP contribution < -0.4 is 0 Å². The number of fused-ring (bicyclic) bond motifs is 2. The van der Waals surface area contributed by atoms with Crippen molar-refractivity contribution in [3.05, 3.63) is 82.4 Å². The average Bonchev–Trinajstić information content (AvgIpc) is 3.13. The Morgan fingerprint density at radius 3 is 2.52 bits per heavy atom. The Labute approximate surface area is 188 Å². The first kappa shape index (κ1) is 21.2. The lowest BCUT2D eigenvalue weighted by atomic mass is 9.95. The summed E-state index contributed by atoms with van der Waals surface area (Å²) in [4.78, 5) is 19.6. The van der Waals surface area contributed by atoms with E-state index in [2.05, 4.69) is 10.1 Å². The molecule has 1 aliphatic heterocycles. The molecule has 0 fully saturated rings. The molecule has 0 N–H and O–H groups in total. The standard InChI is InChI=1S/C25H21F3N4O/c1-13-4-5-15-10-16(6-7-21(15)29-13)25(33)32-9-8-18-23(14(32)2)30-31(3)24(18)17-11-19(26)22(28)20(27)12-17/h4-7,10-12,14H,8-9H2,1-3H3/t14-/m0/s1. The van der Waals surface area contributed by atoms with Crippen molar-refractivity contribution in [2.24, 2.45) is 7.05 Å². The van der Waals surface area contributed by atoms with Crippen LogP contribution in [0.15, 0.2) is 42.5 Å². The first-order valence-corrected chi connectivity index (χ1v) is 10.6. The van der Waals surface area contributed by atoms with Gasteiger partial charge in [-0.1, -0.05) is 6.07 Å². The molecule has 1 amide bonds. The fourth-order valence-electron chi connectivity index (χ4n) is 4.60. The van der Waals surface area contributed by atoms with Gasteiger partial charge in [0, 0.05) is 41.4 Å². The molecule has 0 saturated carbocycles. The van der Waals surface area contributed by atoms with Gasteiger partial charge in [0.1, 0.15) is 0 Å². The van der Waals surface area contributed by atoms with Crippen LogP contribution >= 0.6 is 0 Å². The average molecular weight is 450 g/mol. The van der Waals surface area contributed by atoms with Gasteiger partial charge in [-0.3, -0.25) is 14.5 Å². The molecule has 1 aliphatic rings. The number of rotatable bonds is 2. The highest BCUT2D eigenvalue weighted by Gasteiger charge is 2.33. The second-order valence-corrected chi connectivity index (χ2v) is 8.37. The number of hydrogen-bond donors (Lipinski definition) is 0.